The minimum Gasteiger partial charge on any atom is -0.306 e. The van der Waals surface area contributed by atoms with Crippen LogP contribution in [0.15, 0.2) is 146 Å². The second-order valence-electron chi connectivity index (χ2n) is 11.7. The summed E-state index contributed by atoms with van der Waals surface area (Å²) < 4.78 is 0. The summed E-state index contributed by atoms with van der Waals surface area (Å²) in [7, 11) is 0. The molecule has 46 heavy (non-hydrogen) atoms. The number of nitrogens with zero attached hydrogens (tertiary/aromatic N) is 4. The number of aromatic nitrogens is 1. The molecule has 0 saturated carbocycles. The number of rotatable bonds is 4. The van der Waals surface area contributed by atoms with Crippen LogP contribution in [0.5, 0.6) is 0 Å². The van der Waals surface area contributed by atoms with Crippen molar-refractivity contribution in [2.75, 3.05) is 9.80 Å². The molecule has 1 aromatic heterocycles. The maximum atomic E-state index is 9.44. The van der Waals surface area contributed by atoms with E-state index in [4.69, 9.17) is 4.98 Å². The first kappa shape index (κ1) is 27.4. The number of aryl methyl sites for hydroxylation is 2. The van der Waals surface area contributed by atoms with E-state index in [9.17, 15) is 5.26 Å². The van der Waals surface area contributed by atoms with Crippen LogP contribution in [0.25, 0.3) is 33.3 Å². The van der Waals surface area contributed by atoms with Gasteiger partial charge in [-0.15, -0.1) is 0 Å². The van der Waals surface area contributed by atoms with Gasteiger partial charge in [0.1, 0.15) is 0 Å². The minimum absolute atomic E-state index is 0.629. The van der Waals surface area contributed by atoms with E-state index in [0.717, 1.165) is 73.0 Å². The number of anilines is 6. The Morgan fingerprint density at radius 2 is 1.11 bits per heavy atom. The third-order valence-corrected chi connectivity index (χ3v) is 8.80. The summed E-state index contributed by atoms with van der Waals surface area (Å²) in [5.41, 5.74) is 14.5. The number of hydrogen-bond acceptors (Lipinski definition) is 4. The van der Waals surface area contributed by atoms with Crippen molar-refractivity contribution in [1.29, 1.82) is 5.26 Å². The van der Waals surface area contributed by atoms with Crippen molar-refractivity contribution < 1.29 is 0 Å². The van der Waals surface area contributed by atoms with E-state index in [1.54, 1.807) is 0 Å². The molecule has 1 aliphatic heterocycles. The zero-order valence-electron chi connectivity index (χ0n) is 25.6. The van der Waals surface area contributed by atoms with E-state index in [-0.39, 0.29) is 0 Å². The Morgan fingerprint density at radius 1 is 0.543 bits per heavy atom. The number of pyridine rings is 1. The van der Waals surface area contributed by atoms with Gasteiger partial charge in [0.15, 0.2) is 0 Å². The molecule has 0 bridgehead atoms. The molecule has 0 atom stereocenters. The van der Waals surface area contributed by atoms with Crippen molar-refractivity contribution in [1.82, 2.24) is 4.98 Å². The summed E-state index contributed by atoms with van der Waals surface area (Å²) in [5.74, 6) is 0. The molecule has 8 rings (SSSR count). The van der Waals surface area contributed by atoms with E-state index in [0.29, 0.717) is 5.56 Å². The molecule has 0 amide bonds. The van der Waals surface area contributed by atoms with Gasteiger partial charge in [-0.3, -0.25) is 0 Å². The van der Waals surface area contributed by atoms with Crippen LogP contribution in [0, 0.1) is 25.2 Å². The predicted molar refractivity (Wildman–Crippen MR) is 190 cm³/mol. The molecule has 7 aromatic rings. The molecule has 0 fully saturated rings. The summed E-state index contributed by atoms with van der Waals surface area (Å²) in [6, 6.07) is 53.0. The van der Waals surface area contributed by atoms with Crippen LogP contribution in [-0.2, 0) is 0 Å². The fourth-order valence-corrected chi connectivity index (χ4v) is 6.56. The van der Waals surface area contributed by atoms with Gasteiger partial charge in [-0.2, -0.15) is 5.26 Å². The highest BCUT2D eigenvalue weighted by Gasteiger charge is 2.31. The molecular weight excluding hydrogens is 560 g/mol. The summed E-state index contributed by atoms with van der Waals surface area (Å²) >= 11 is 0. The third kappa shape index (κ3) is 4.49. The van der Waals surface area contributed by atoms with Crippen LogP contribution in [0.1, 0.15) is 16.7 Å². The van der Waals surface area contributed by atoms with E-state index < -0.39 is 0 Å². The van der Waals surface area contributed by atoms with E-state index in [2.05, 4.69) is 151 Å². The fourth-order valence-electron chi connectivity index (χ4n) is 6.56. The second-order valence-corrected chi connectivity index (χ2v) is 11.7. The molecule has 0 saturated heterocycles. The van der Waals surface area contributed by atoms with Crippen LogP contribution >= 0.6 is 0 Å². The maximum absolute atomic E-state index is 9.44. The Bertz CT molecular complexity index is 2230. The third-order valence-electron chi connectivity index (χ3n) is 8.80. The number of para-hydroxylation sites is 5. The number of hydrogen-bond donors (Lipinski definition) is 0. The molecule has 0 N–H and O–H groups in total. The lowest BCUT2D eigenvalue weighted by Gasteiger charge is -2.40. The van der Waals surface area contributed by atoms with Gasteiger partial charge in [0.2, 0.25) is 0 Å². The Balaban J connectivity index is 1.44. The first-order chi connectivity index (χ1) is 22.6. The Kier molecular flexibility index (Phi) is 6.59. The summed E-state index contributed by atoms with van der Waals surface area (Å²) in [4.78, 5) is 10.1. The first-order valence-corrected chi connectivity index (χ1v) is 15.5. The quantitative estimate of drug-likeness (QED) is 0.204. The largest absolute Gasteiger partial charge is 0.306 e. The van der Waals surface area contributed by atoms with Crippen LogP contribution in [0.3, 0.4) is 0 Å². The normalized spacial score (nSPS) is 12.0. The van der Waals surface area contributed by atoms with Gasteiger partial charge in [0.25, 0.3) is 0 Å². The van der Waals surface area contributed by atoms with E-state index >= 15 is 0 Å². The number of fused-ring (bicyclic) bond motifs is 3. The standard InChI is InChI=1S/C42H30N4/c1-28-16-21-31(22-17-28)34-26-35(32-23-19-30(27-43)20-24-32)44-42-40(25-18-29(2)41(34)42)46-38-14-8-6-12-36(38)45(33-10-4-3-5-11-33)37-13-7-9-15-39(37)46/h3-26H,1-2H3. The highest BCUT2D eigenvalue weighted by Crippen LogP contribution is 2.55. The van der Waals surface area contributed by atoms with Gasteiger partial charge in [-0.1, -0.05) is 90.5 Å². The van der Waals surface area contributed by atoms with Crippen LogP contribution in [-0.4, -0.2) is 4.98 Å². The Hall–Kier alpha value is -6.18. The minimum atomic E-state index is 0.629. The molecule has 0 radical (unpaired) electrons. The lowest BCUT2D eigenvalue weighted by atomic mass is 9.93. The van der Waals surface area contributed by atoms with Gasteiger partial charge in [0, 0.05) is 16.6 Å². The van der Waals surface area contributed by atoms with Crippen LogP contribution in [0.2, 0.25) is 0 Å². The van der Waals surface area contributed by atoms with Crippen molar-refractivity contribution in [2.24, 2.45) is 0 Å². The lowest BCUT2D eigenvalue weighted by Crippen LogP contribution is -2.24. The molecule has 4 nitrogen and oxygen atoms in total. The molecule has 1 aliphatic rings. The van der Waals surface area contributed by atoms with Gasteiger partial charge in [-0.25, -0.2) is 4.98 Å². The summed E-state index contributed by atoms with van der Waals surface area (Å²) in [6.07, 6.45) is 0. The van der Waals surface area contributed by atoms with Crippen molar-refractivity contribution >= 4 is 45.0 Å². The Morgan fingerprint density at radius 3 is 1.72 bits per heavy atom. The van der Waals surface area contributed by atoms with Gasteiger partial charge in [0.05, 0.1) is 51.3 Å². The van der Waals surface area contributed by atoms with E-state index in [1.165, 1.54) is 5.56 Å². The molecular formula is C42H30N4. The Labute approximate surface area is 269 Å². The monoisotopic (exact) mass is 590 g/mol. The predicted octanol–water partition coefficient (Wildman–Crippen LogP) is 11.3. The van der Waals surface area contributed by atoms with Crippen molar-refractivity contribution in [2.45, 2.75) is 13.8 Å². The van der Waals surface area contributed by atoms with Gasteiger partial charge < -0.3 is 9.80 Å². The van der Waals surface area contributed by atoms with Crippen LogP contribution < -0.4 is 9.80 Å². The molecule has 0 spiro atoms. The molecule has 218 valence electrons. The average molecular weight is 591 g/mol. The molecule has 6 aromatic carbocycles. The van der Waals surface area contributed by atoms with Crippen molar-refractivity contribution in [3.63, 3.8) is 0 Å². The summed E-state index contributed by atoms with van der Waals surface area (Å²) in [5, 5.41) is 10.6. The number of benzene rings is 6. The highest BCUT2D eigenvalue weighted by atomic mass is 15.3. The molecule has 4 heteroatoms. The first-order valence-electron chi connectivity index (χ1n) is 15.5. The zero-order chi connectivity index (χ0) is 31.2. The topological polar surface area (TPSA) is 43.2 Å². The van der Waals surface area contributed by atoms with Crippen molar-refractivity contribution in [3.8, 4) is 28.5 Å². The molecule has 2 heterocycles. The SMILES string of the molecule is Cc1ccc(-c2cc(-c3ccc(C#N)cc3)nc3c(N4c5ccccc5N(c5ccccc5)c5ccccc54)ccc(C)c23)cc1. The summed E-state index contributed by atoms with van der Waals surface area (Å²) in [6.45, 7) is 4.28. The zero-order valence-corrected chi connectivity index (χ0v) is 25.6. The molecule has 0 aliphatic carbocycles. The van der Waals surface area contributed by atoms with Gasteiger partial charge >= 0.3 is 0 Å². The lowest BCUT2D eigenvalue weighted by molar-refractivity contribution is 1.17. The fraction of sp³-hybridized carbons (Fsp3) is 0.0476. The second kappa shape index (κ2) is 11.1. The van der Waals surface area contributed by atoms with Gasteiger partial charge in [-0.05, 0) is 91.2 Å². The van der Waals surface area contributed by atoms with Crippen LogP contribution in [0.4, 0.5) is 34.1 Å². The highest BCUT2D eigenvalue weighted by molar-refractivity contribution is 6.10. The maximum Gasteiger partial charge on any atom is 0.0991 e. The molecule has 0 unspecified atom stereocenters. The smallest absolute Gasteiger partial charge is 0.0991 e. The van der Waals surface area contributed by atoms with Crippen molar-refractivity contribution in [3.05, 3.63) is 162 Å². The van der Waals surface area contributed by atoms with E-state index in [1.807, 2.05) is 24.3 Å². The average Bonchev–Trinajstić information content (AvgIpc) is 3.11. The number of nitriles is 1.